The number of ether oxygens (including phenoxy) is 3. The molecule has 3 rings (SSSR count). The molecule has 3 heterocycles. The SMILES string of the molecule is CNc1ncnc2c1ncn2[C@@H]1O[C@H](CO)[C@H](OCCOC)C1O. The number of imidazole rings is 1. The van der Waals surface area contributed by atoms with Crippen molar-refractivity contribution in [1.29, 1.82) is 0 Å². The van der Waals surface area contributed by atoms with E-state index in [1.807, 2.05) is 0 Å². The molecule has 0 radical (unpaired) electrons. The van der Waals surface area contributed by atoms with E-state index >= 15 is 0 Å². The van der Waals surface area contributed by atoms with E-state index < -0.39 is 24.5 Å². The standard InChI is InChI=1S/C14H21N5O5/c1-15-12-9-13(17-6-16-12)19(7-18-9)14-10(21)11(8(5-20)24-14)23-4-3-22-2/h6-8,10-11,14,20-21H,3-5H2,1-2H3,(H,15,16,17)/t8-,10?,11+,14-/m1/s1. The number of nitrogens with one attached hydrogen (secondary N) is 1. The first-order chi connectivity index (χ1) is 11.7. The number of aromatic nitrogens is 4. The number of nitrogens with zero attached hydrogens (tertiary/aromatic N) is 4. The maximum absolute atomic E-state index is 10.6. The minimum atomic E-state index is -0.982. The fourth-order valence-electron chi connectivity index (χ4n) is 2.79. The summed E-state index contributed by atoms with van der Waals surface area (Å²) in [5, 5.41) is 23.1. The summed E-state index contributed by atoms with van der Waals surface area (Å²) in [6.07, 6.45) is -0.129. The average Bonchev–Trinajstić information content (AvgIpc) is 3.16. The number of hydrogen-bond donors (Lipinski definition) is 3. The highest BCUT2D eigenvalue weighted by atomic mass is 16.6. The van der Waals surface area contributed by atoms with Crippen molar-refractivity contribution in [2.75, 3.05) is 39.3 Å². The molecule has 2 aromatic rings. The van der Waals surface area contributed by atoms with Crippen molar-refractivity contribution in [2.45, 2.75) is 24.5 Å². The summed E-state index contributed by atoms with van der Waals surface area (Å²) in [5.74, 6) is 0.581. The van der Waals surface area contributed by atoms with E-state index in [-0.39, 0.29) is 6.61 Å². The topological polar surface area (TPSA) is 124 Å². The predicted octanol–water partition coefficient (Wildman–Crippen LogP) is -0.850. The molecule has 0 bridgehead atoms. The van der Waals surface area contributed by atoms with Crippen molar-refractivity contribution < 1.29 is 24.4 Å². The van der Waals surface area contributed by atoms with Crippen LogP contribution in [-0.4, -0.2) is 82.0 Å². The van der Waals surface area contributed by atoms with Crippen LogP contribution in [0.2, 0.25) is 0 Å². The summed E-state index contributed by atoms with van der Waals surface area (Å²) in [4.78, 5) is 12.6. The van der Waals surface area contributed by atoms with Crippen LogP contribution < -0.4 is 5.32 Å². The molecule has 2 aromatic heterocycles. The fourth-order valence-corrected chi connectivity index (χ4v) is 2.79. The number of aliphatic hydroxyl groups is 2. The van der Waals surface area contributed by atoms with E-state index in [1.54, 1.807) is 18.7 Å². The van der Waals surface area contributed by atoms with Crippen molar-refractivity contribution in [2.24, 2.45) is 0 Å². The third kappa shape index (κ3) is 2.94. The van der Waals surface area contributed by atoms with Gasteiger partial charge in [0.1, 0.15) is 30.2 Å². The molecule has 0 spiro atoms. The molecule has 0 saturated carbocycles. The molecule has 1 aliphatic rings. The molecule has 1 unspecified atom stereocenters. The van der Waals surface area contributed by atoms with E-state index in [0.717, 1.165) is 0 Å². The van der Waals surface area contributed by atoms with Crippen molar-refractivity contribution in [3.05, 3.63) is 12.7 Å². The van der Waals surface area contributed by atoms with Crippen LogP contribution >= 0.6 is 0 Å². The number of hydrogen-bond acceptors (Lipinski definition) is 9. The Morgan fingerprint density at radius 1 is 1.33 bits per heavy atom. The highest BCUT2D eigenvalue weighted by molar-refractivity contribution is 5.82. The molecule has 0 amide bonds. The molecule has 4 atom stereocenters. The Morgan fingerprint density at radius 2 is 2.17 bits per heavy atom. The van der Waals surface area contributed by atoms with Gasteiger partial charge in [-0.05, 0) is 0 Å². The van der Waals surface area contributed by atoms with Crippen molar-refractivity contribution in [3.8, 4) is 0 Å². The van der Waals surface area contributed by atoms with Gasteiger partial charge in [0.15, 0.2) is 17.7 Å². The lowest BCUT2D eigenvalue weighted by atomic mass is 10.1. The summed E-state index contributed by atoms with van der Waals surface area (Å²) in [6, 6.07) is 0. The summed E-state index contributed by atoms with van der Waals surface area (Å²) in [5.41, 5.74) is 1.09. The lowest BCUT2D eigenvalue weighted by molar-refractivity contribution is -0.0678. The molecule has 24 heavy (non-hydrogen) atoms. The zero-order valence-corrected chi connectivity index (χ0v) is 13.5. The van der Waals surface area contributed by atoms with Crippen molar-refractivity contribution in [1.82, 2.24) is 19.5 Å². The number of aliphatic hydroxyl groups excluding tert-OH is 2. The summed E-state index contributed by atoms with van der Waals surface area (Å²) < 4.78 is 17.9. The van der Waals surface area contributed by atoms with Gasteiger partial charge in [0.05, 0.1) is 26.1 Å². The van der Waals surface area contributed by atoms with Gasteiger partial charge < -0.3 is 29.7 Å². The number of anilines is 1. The fraction of sp³-hybridized carbons (Fsp3) is 0.643. The van der Waals surface area contributed by atoms with Crippen molar-refractivity contribution >= 4 is 17.0 Å². The van der Waals surface area contributed by atoms with Crippen molar-refractivity contribution in [3.63, 3.8) is 0 Å². The quantitative estimate of drug-likeness (QED) is 0.553. The summed E-state index contributed by atoms with van der Waals surface area (Å²) in [7, 11) is 3.30. The monoisotopic (exact) mass is 339 g/mol. The van der Waals surface area contributed by atoms with Crippen LogP contribution in [0, 0.1) is 0 Å². The highest BCUT2D eigenvalue weighted by Crippen LogP contribution is 2.33. The molecule has 1 fully saturated rings. The maximum atomic E-state index is 10.6. The molecular formula is C14H21N5O5. The van der Waals surface area contributed by atoms with Crippen LogP contribution in [0.15, 0.2) is 12.7 Å². The van der Waals surface area contributed by atoms with Gasteiger partial charge in [-0.2, -0.15) is 0 Å². The molecule has 10 heteroatoms. The molecule has 3 N–H and O–H groups in total. The minimum Gasteiger partial charge on any atom is -0.394 e. The van der Waals surface area contributed by atoms with Crippen LogP contribution in [0.1, 0.15) is 6.23 Å². The Bertz CT molecular complexity index is 681. The first-order valence-corrected chi connectivity index (χ1v) is 7.61. The smallest absolute Gasteiger partial charge is 0.167 e. The molecule has 1 aliphatic heterocycles. The van der Waals surface area contributed by atoms with Gasteiger partial charge in [-0.1, -0.05) is 0 Å². The number of fused-ring (bicyclic) bond motifs is 1. The molecule has 132 valence electrons. The second-order valence-electron chi connectivity index (χ2n) is 5.36. The largest absolute Gasteiger partial charge is 0.394 e. The van der Waals surface area contributed by atoms with Gasteiger partial charge in [0.2, 0.25) is 0 Å². The molecular weight excluding hydrogens is 318 g/mol. The van der Waals surface area contributed by atoms with Gasteiger partial charge in [-0.15, -0.1) is 0 Å². The summed E-state index contributed by atoms with van der Waals surface area (Å²) >= 11 is 0. The lowest BCUT2D eigenvalue weighted by Crippen LogP contribution is -2.37. The van der Waals surface area contributed by atoms with Crippen LogP contribution in [0.3, 0.4) is 0 Å². The van der Waals surface area contributed by atoms with Crippen LogP contribution in [0.25, 0.3) is 11.2 Å². The Hall–Kier alpha value is -1.85. The minimum absolute atomic E-state index is 0.269. The van der Waals surface area contributed by atoms with Gasteiger partial charge >= 0.3 is 0 Å². The van der Waals surface area contributed by atoms with E-state index in [9.17, 15) is 10.2 Å². The van der Waals surface area contributed by atoms with E-state index in [4.69, 9.17) is 14.2 Å². The first kappa shape index (κ1) is 17.0. The highest BCUT2D eigenvalue weighted by Gasteiger charge is 2.45. The van der Waals surface area contributed by atoms with E-state index in [1.165, 1.54) is 12.7 Å². The maximum Gasteiger partial charge on any atom is 0.167 e. The second kappa shape index (κ2) is 7.36. The third-order valence-electron chi connectivity index (χ3n) is 3.96. The molecule has 1 saturated heterocycles. The number of methoxy groups -OCH3 is 1. The summed E-state index contributed by atoms with van der Waals surface area (Å²) in [6.45, 7) is 0.412. The Balaban J connectivity index is 1.87. The van der Waals surface area contributed by atoms with Crippen LogP contribution in [0.5, 0.6) is 0 Å². The first-order valence-electron chi connectivity index (χ1n) is 7.61. The van der Waals surface area contributed by atoms with Gasteiger partial charge in [0.25, 0.3) is 0 Å². The normalized spacial score (nSPS) is 27.0. The molecule has 0 aliphatic carbocycles. The average molecular weight is 339 g/mol. The molecule has 10 nitrogen and oxygen atoms in total. The van der Waals surface area contributed by atoms with Crippen LogP contribution in [0.4, 0.5) is 5.82 Å². The van der Waals surface area contributed by atoms with Crippen LogP contribution in [-0.2, 0) is 14.2 Å². The van der Waals surface area contributed by atoms with Gasteiger partial charge in [-0.25, -0.2) is 15.0 Å². The van der Waals surface area contributed by atoms with Gasteiger partial charge in [0, 0.05) is 14.2 Å². The zero-order chi connectivity index (χ0) is 17.1. The Morgan fingerprint density at radius 3 is 2.88 bits per heavy atom. The second-order valence-corrected chi connectivity index (χ2v) is 5.36. The Labute approximate surface area is 138 Å². The van der Waals surface area contributed by atoms with E-state index in [2.05, 4.69) is 20.3 Å². The van der Waals surface area contributed by atoms with Gasteiger partial charge in [-0.3, -0.25) is 4.57 Å². The number of rotatable bonds is 7. The lowest BCUT2D eigenvalue weighted by Gasteiger charge is -2.19. The predicted molar refractivity (Wildman–Crippen MR) is 83.5 cm³/mol. The Kier molecular flexibility index (Phi) is 5.21. The zero-order valence-electron chi connectivity index (χ0n) is 13.5. The third-order valence-corrected chi connectivity index (χ3v) is 3.96. The van der Waals surface area contributed by atoms with E-state index in [0.29, 0.717) is 30.2 Å². The molecule has 0 aromatic carbocycles.